The first kappa shape index (κ1) is 23.0. The van der Waals surface area contributed by atoms with E-state index in [1.165, 1.54) is 17.3 Å². The number of amides is 2. The summed E-state index contributed by atoms with van der Waals surface area (Å²) in [5.74, 6) is 2.27. The number of ether oxygens (including phenoxy) is 2. The molecule has 0 spiro atoms. The van der Waals surface area contributed by atoms with Gasteiger partial charge in [-0.1, -0.05) is 30.7 Å². The Morgan fingerprint density at radius 2 is 1.91 bits per heavy atom. The van der Waals surface area contributed by atoms with Crippen molar-refractivity contribution in [3.8, 4) is 11.5 Å². The third-order valence-electron chi connectivity index (χ3n) is 6.91. The number of aryl methyl sites for hydroxylation is 1. The van der Waals surface area contributed by atoms with Crippen LogP contribution in [0.15, 0.2) is 23.4 Å². The Bertz CT molecular complexity index is 1060. The molecule has 0 saturated heterocycles. The Balaban J connectivity index is 1.21. The van der Waals surface area contributed by atoms with Gasteiger partial charge in [-0.2, -0.15) is 0 Å². The summed E-state index contributed by atoms with van der Waals surface area (Å²) in [5, 5.41) is 12.4. The lowest BCUT2D eigenvalue weighted by Gasteiger charge is -2.31. The number of carbonyl (C=O) groups is 2. The lowest BCUT2D eigenvalue weighted by molar-refractivity contribution is -0.119. The highest BCUT2D eigenvalue weighted by Gasteiger charge is 2.37. The zero-order chi connectivity index (χ0) is 23.5. The fourth-order valence-corrected chi connectivity index (χ4v) is 5.81. The standard InChI is InChI=1S/C24H31N5O4S/c25-20(30)7-8-21-27-28-23(29(21)17-4-5-17)34-14-22(31)26-15-24(9-1-2-10-24)16-3-6-18-19(13-16)33-12-11-32-18/h3,6,13,17H,1-2,4-5,7-12,14-15H2,(H2,25,30)(H,26,31). The highest BCUT2D eigenvalue weighted by molar-refractivity contribution is 7.99. The number of nitrogens with one attached hydrogen (secondary N) is 1. The van der Waals surface area contributed by atoms with Crippen LogP contribution in [0.1, 0.15) is 62.4 Å². The van der Waals surface area contributed by atoms with Crippen molar-refractivity contribution >= 4 is 23.6 Å². The van der Waals surface area contributed by atoms with Crippen LogP contribution in [-0.2, 0) is 21.4 Å². The van der Waals surface area contributed by atoms with Crippen molar-refractivity contribution in [3.05, 3.63) is 29.6 Å². The Morgan fingerprint density at radius 3 is 2.65 bits per heavy atom. The molecular weight excluding hydrogens is 454 g/mol. The van der Waals surface area contributed by atoms with Crippen LogP contribution in [0.2, 0.25) is 0 Å². The van der Waals surface area contributed by atoms with E-state index in [9.17, 15) is 9.59 Å². The molecule has 1 aromatic carbocycles. The first-order valence-corrected chi connectivity index (χ1v) is 13.0. The van der Waals surface area contributed by atoms with Gasteiger partial charge >= 0.3 is 0 Å². The van der Waals surface area contributed by atoms with Crippen molar-refractivity contribution in [1.82, 2.24) is 20.1 Å². The maximum atomic E-state index is 12.8. The fraction of sp³-hybridized carbons (Fsp3) is 0.583. The van der Waals surface area contributed by atoms with E-state index in [1.807, 2.05) is 6.07 Å². The smallest absolute Gasteiger partial charge is 0.230 e. The molecule has 0 atom stereocenters. The molecule has 34 heavy (non-hydrogen) atoms. The number of thioether (sulfide) groups is 1. The van der Waals surface area contributed by atoms with Gasteiger partial charge in [-0.25, -0.2) is 0 Å². The third kappa shape index (κ3) is 5.01. The SMILES string of the molecule is NC(=O)CCc1nnc(SCC(=O)NCC2(c3ccc4c(c3)OCCO4)CCCC2)n1C1CC1. The lowest BCUT2D eigenvalue weighted by atomic mass is 9.78. The van der Waals surface area contributed by atoms with E-state index in [-0.39, 0.29) is 29.4 Å². The first-order valence-electron chi connectivity index (χ1n) is 12.1. The van der Waals surface area contributed by atoms with E-state index in [2.05, 4.69) is 32.2 Å². The van der Waals surface area contributed by atoms with Crippen molar-refractivity contribution in [2.45, 2.75) is 68.0 Å². The number of nitrogens with zero attached hydrogens (tertiary/aromatic N) is 3. The number of fused-ring (bicyclic) bond motifs is 1. The van der Waals surface area contributed by atoms with Crippen LogP contribution in [0.5, 0.6) is 11.5 Å². The summed E-state index contributed by atoms with van der Waals surface area (Å²) in [6.45, 7) is 1.74. The number of primary amides is 1. The van der Waals surface area contributed by atoms with E-state index in [4.69, 9.17) is 15.2 Å². The summed E-state index contributed by atoms with van der Waals surface area (Å²) in [6, 6.07) is 6.56. The third-order valence-corrected chi connectivity index (χ3v) is 7.86. The van der Waals surface area contributed by atoms with Crippen LogP contribution < -0.4 is 20.5 Å². The molecule has 3 aliphatic rings. The number of nitrogens with two attached hydrogens (primary N) is 1. The second-order valence-corrected chi connectivity index (χ2v) is 10.3. The molecule has 2 saturated carbocycles. The Kier molecular flexibility index (Phi) is 6.67. The van der Waals surface area contributed by atoms with E-state index < -0.39 is 0 Å². The summed E-state index contributed by atoms with van der Waals surface area (Å²) in [5.41, 5.74) is 6.42. The van der Waals surface area contributed by atoms with Gasteiger partial charge in [0.1, 0.15) is 19.0 Å². The molecule has 2 fully saturated rings. The highest BCUT2D eigenvalue weighted by Crippen LogP contribution is 2.44. The molecule has 2 heterocycles. The van der Waals surface area contributed by atoms with Gasteiger partial charge < -0.3 is 25.1 Å². The van der Waals surface area contributed by atoms with Crippen molar-refractivity contribution in [2.75, 3.05) is 25.5 Å². The molecule has 2 aromatic rings. The van der Waals surface area contributed by atoms with E-state index in [0.29, 0.717) is 32.2 Å². The predicted octanol–water partition coefficient (Wildman–Crippen LogP) is 2.52. The maximum absolute atomic E-state index is 12.8. The van der Waals surface area contributed by atoms with E-state index in [1.54, 1.807) is 0 Å². The van der Waals surface area contributed by atoms with Crippen molar-refractivity contribution in [3.63, 3.8) is 0 Å². The number of hydrogen-bond acceptors (Lipinski definition) is 7. The van der Waals surface area contributed by atoms with Crippen LogP contribution >= 0.6 is 11.8 Å². The zero-order valence-corrected chi connectivity index (χ0v) is 20.1. The molecule has 0 radical (unpaired) electrons. The second kappa shape index (κ2) is 9.85. The number of rotatable bonds is 10. The zero-order valence-electron chi connectivity index (χ0n) is 19.3. The molecule has 3 N–H and O–H groups in total. The Hall–Kier alpha value is -2.75. The molecule has 1 aliphatic heterocycles. The van der Waals surface area contributed by atoms with Gasteiger partial charge in [0.25, 0.3) is 0 Å². The average molecular weight is 486 g/mol. The molecule has 9 nitrogen and oxygen atoms in total. The maximum Gasteiger partial charge on any atom is 0.230 e. The minimum Gasteiger partial charge on any atom is -0.486 e. The van der Waals surface area contributed by atoms with Gasteiger partial charge in [0.2, 0.25) is 11.8 Å². The van der Waals surface area contributed by atoms with Gasteiger partial charge in [-0.15, -0.1) is 10.2 Å². The molecule has 182 valence electrons. The molecule has 2 aliphatic carbocycles. The van der Waals surface area contributed by atoms with Crippen molar-refractivity contribution < 1.29 is 19.1 Å². The molecule has 10 heteroatoms. The number of aromatic nitrogens is 3. The molecule has 0 unspecified atom stereocenters. The average Bonchev–Trinajstić information content (AvgIpc) is 3.42. The van der Waals surface area contributed by atoms with Gasteiger partial charge in [-0.3, -0.25) is 9.59 Å². The lowest BCUT2D eigenvalue weighted by Crippen LogP contribution is -2.39. The largest absolute Gasteiger partial charge is 0.486 e. The number of carbonyl (C=O) groups excluding carboxylic acids is 2. The summed E-state index contributed by atoms with van der Waals surface area (Å²) in [7, 11) is 0. The fourth-order valence-electron chi connectivity index (χ4n) is 4.95. The Labute approximate surface area is 203 Å². The minimum atomic E-state index is -0.349. The van der Waals surface area contributed by atoms with E-state index in [0.717, 1.165) is 61.0 Å². The predicted molar refractivity (Wildman–Crippen MR) is 127 cm³/mol. The Morgan fingerprint density at radius 1 is 1.15 bits per heavy atom. The molecule has 5 rings (SSSR count). The van der Waals surface area contributed by atoms with E-state index >= 15 is 0 Å². The molecule has 2 amide bonds. The topological polar surface area (TPSA) is 121 Å². The molecule has 0 bridgehead atoms. The second-order valence-electron chi connectivity index (χ2n) is 9.38. The monoisotopic (exact) mass is 485 g/mol. The number of benzene rings is 1. The number of hydrogen-bond donors (Lipinski definition) is 2. The minimum absolute atomic E-state index is 0.0159. The van der Waals surface area contributed by atoms with Crippen LogP contribution in [0.3, 0.4) is 0 Å². The van der Waals surface area contributed by atoms with Crippen LogP contribution in [-0.4, -0.2) is 52.1 Å². The van der Waals surface area contributed by atoms with Gasteiger partial charge in [0.15, 0.2) is 16.7 Å². The summed E-state index contributed by atoms with van der Waals surface area (Å²) in [4.78, 5) is 24.0. The highest BCUT2D eigenvalue weighted by atomic mass is 32.2. The van der Waals surface area contributed by atoms with Crippen molar-refractivity contribution in [2.24, 2.45) is 5.73 Å². The quantitative estimate of drug-likeness (QED) is 0.496. The van der Waals surface area contributed by atoms with Crippen LogP contribution in [0.4, 0.5) is 0 Å². The van der Waals surface area contributed by atoms with Gasteiger partial charge in [0, 0.05) is 30.8 Å². The summed E-state index contributed by atoms with van der Waals surface area (Å²) < 4.78 is 13.5. The van der Waals surface area contributed by atoms with Gasteiger partial charge in [0.05, 0.1) is 5.75 Å². The van der Waals surface area contributed by atoms with Gasteiger partial charge in [-0.05, 0) is 43.4 Å². The molecular formula is C24H31N5O4S. The van der Waals surface area contributed by atoms with Crippen LogP contribution in [0.25, 0.3) is 0 Å². The van der Waals surface area contributed by atoms with Crippen molar-refractivity contribution in [1.29, 1.82) is 0 Å². The first-order chi connectivity index (χ1) is 16.5. The summed E-state index contributed by atoms with van der Waals surface area (Å²) >= 11 is 1.40. The normalized spacial score (nSPS) is 18.6. The van der Waals surface area contributed by atoms with Crippen LogP contribution in [0, 0.1) is 0 Å². The molecule has 1 aromatic heterocycles. The summed E-state index contributed by atoms with van der Waals surface area (Å²) in [6.07, 6.45) is 7.24.